The van der Waals surface area contributed by atoms with Crippen molar-refractivity contribution >= 4 is 11.6 Å². The maximum atomic E-state index is 12.9. The van der Waals surface area contributed by atoms with Gasteiger partial charge in [-0.2, -0.15) is 5.10 Å². The third-order valence-electron chi connectivity index (χ3n) is 4.96. The van der Waals surface area contributed by atoms with Gasteiger partial charge in [0.05, 0.1) is 17.8 Å². The van der Waals surface area contributed by atoms with Crippen molar-refractivity contribution < 1.29 is 4.79 Å². The molecule has 0 spiro atoms. The maximum absolute atomic E-state index is 12.9. The van der Waals surface area contributed by atoms with Gasteiger partial charge in [0, 0.05) is 51.8 Å². The summed E-state index contributed by atoms with van der Waals surface area (Å²) in [7, 11) is 1.88. The van der Waals surface area contributed by atoms with Crippen LogP contribution in [-0.2, 0) is 18.4 Å². The SMILES string of the molecule is Cn1cc(N2CC[C@@H]3CN(Cc4cccnc4)C[C@H]3C2=O)cn1. The lowest BCUT2D eigenvalue weighted by atomic mass is 9.88. The molecule has 0 bridgehead atoms. The molecule has 2 aliphatic heterocycles. The number of aromatic nitrogens is 3. The minimum Gasteiger partial charge on any atom is -0.309 e. The number of hydrogen-bond donors (Lipinski definition) is 0. The largest absolute Gasteiger partial charge is 0.309 e. The van der Waals surface area contributed by atoms with Crippen LogP contribution in [0.25, 0.3) is 0 Å². The van der Waals surface area contributed by atoms with Crippen molar-refractivity contribution in [3.05, 3.63) is 42.5 Å². The molecule has 2 aliphatic rings. The first-order chi connectivity index (χ1) is 11.2. The van der Waals surface area contributed by atoms with E-state index in [-0.39, 0.29) is 11.8 Å². The standard InChI is InChI=1S/C17H21N5O/c1-20-11-15(8-19-20)22-6-4-14-10-21(12-16(14)17(22)23)9-13-3-2-5-18-7-13/h2-3,5,7-8,11,14,16H,4,6,9-10,12H2,1H3/t14-,16-/m1/s1. The van der Waals surface area contributed by atoms with Crippen LogP contribution in [0.1, 0.15) is 12.0 Å². The number of fused-ring (bicyclic) bond motifs is 1. The van der Waals surface area contributed by atoms with Gasteiger partial charge in [-0.25, -0.2) is 0 Å². The van der Waals surface area contributed by atoms with E-state index in [0.29, 0.717) is 5.92 Å². The van der Waals surface area contributed by atoms with Gasteiger partial charge in [0.1, 0.15) is 0 Å². The summed E-state index contributed by atoms with van der Waals surface area (Å²) >= 11 is 0. The molecule has 0 aliphatic carbocycles. The molecule has 4 heterocycles. The van der Waals surface area contributed by atoms with Crippen molar-refractivity contribution in [3.63, 3.8) is 0 Å². The molecule has 2 aromatic heterocycles. The molecule has 2 saturated heterocycles. The average Bonchev–Trinajstić information content (AvgIpc) is 3.15. The fourth-order valence-corrected chi connectivity index (χ4v) is 3.82. The zero-order valence-corrected chi connectivity index (χ0v) is 13.3. The molecule has 120 valence electrons. The molecular formula is C17H21N5O. The van der Waals surface area contributed by atoms with Crippen LogP contribution >= 0.6 is 0 Å². The van der Waals surface area contributed by atoms with Crippen molar-refractivity contribution in [2.24, 2.45) is 18.9 Å². The van der Waals surface area contributed by atoms with Gasteiger partial charge >= 0.3 is 0 Å². The number of carbonyl (C=O) groups excluding carboxylic acids is 1. The van der Waals surface area contributed by atoms with E-state index in [2.05, 4.69) is 21.0 Å². The summed E-state index contributed by atoms with van der Waals surface area (Å²) in [6.45, 7) is 3.52. The minimum absolute atomic E-state index is 0.112. The lowest BCUT2D eigenvalue weighted by Crippen LogP contribution is -2.45. The molecule has 0 aromatic carbocycles. The maximum Gasteiger partial charge on any atom is 0.231 e. The Labute approximate surface area is 135 Å². The Morgan fingerprint density at radius 3 is 2.96 bits per heavy atom. The summed E-state index contributed by atoms with van der Waals surface area (Å²) in [4.78, 5) is 21.3. The monoisotopic (exact) mass is 311 g/mol. The summed E-state index contributed by atoms with van der Waals surface area (Å²) in [5.41, 5.74) is 2.13. The Morgan fingerprint density at radius 2 is 2.22 bits per heavy atom. The smallest absolute Gasteiger partial charge is 0.231 e. The van der Waals surface area contributed by atoms with E-state index < -0.39 is 0 Å². The van der Waals surface area contributed by atoms with Crippen LogP contribution in [0.3, 0.4) is 0 Å². The van der Waals surface area contributed by atoms with E-state index in [1.54, 1.807) is 17.1 Å². The number of pyridine rings is 1. The first-order valence-corrected chi connectivity index (χ1v) is 8.12. The number of hydrogen-bond acceptors (Lipinski definition) is 4. The van der Waals surface area contributed by atoms with Crippen LogP contribution in [0.2, 0.25) is 0 Å². The Balaban J connectivity index is 1.46. The van der Waals surface area contributed by atoms with Gasteiger partial charge in [-0.1, -0.05) is 6.07 Å². The number of anilines is 1. The van der Waals surface area contributed by atoms with Crippen molar-refractivity contribution in [3.8, 4) is 0 Å². The second-order valence-corrected chi connectivity index (χ2v) is 6.57. The van der Waals surface area contributed by atoms with Crippen molar-refractivity contribution in [2.75, 3.05) is 24.5 Å². The van der Waals surface area contributed by atoms with Crippen LogP contribution in [0.5, 0.6) is 0 Å². The van der Waals surface area contributed by atoms with E-state index in [1.807, 2.05) is 30.4 Å². The molecule has 2 atom stereocenters. The van der Waals surface area contributed by atoms with Gasteiger partial charge in [-0.3, -0.25) is 19.4 Å². The Hall–Kier alpha value is -2.21. The fourth-order valence-electron chi connectivity index (χ4n) is 3.82. The molecule has 0 radical (unpaired) electrons. The molecule has 0 unspecified atom stereocenters. The predicted molar refractivity (Wildman–Crippen MR) is 86.7 cm³/mol. The van der Waals surface area contributed by atoms with Crippen molar-refractivity contribution in [1.82, 2.24) is 19.7 Å². The molecule has 6 nitrogen and oxygen atoms in total. The van der Waals surface area contributed by atoms with Crippen molar-refractivity contribution in [1.29, 1.82) is 0 Å². The van der Waals surface area contributed by atoms with Gasteiger partial charge in [-0.05, 0) is 24.0 Å². The van der Waals surface area contributed by atoms with Gasteiger partial charge < -0.3 is 4.90 Å². The van der Waals surface area contributed by atoms with E-state index in [1.165, 1.54) is 5.56 Å². The van der Waals surface area contributed by atoms with Gasteiger partial charge in [0.15, 0.2) is 0 Å². The Morgan fingerprint density at radius 1 is 1.30 bits per heavy atom. The molecule has 0 saturated carbocycles. The van der Waals surface area contributed by atoms with Gasteiger partial charge in [-0.15, -0.1) is 0 Å². The number of likely N-dealkylation sites (tertiary alicyclic amines) is 1. The summed E-state index contributed by atoms with van der Waals surface area (Å²) in [5.74, 6) is 0.843. The molecule has 23 heavy (non-hydrogen) atoms. The molecule has 2 aromatic rings. The lowest BCUT2D eigenvalue weighted by Gasteiger charge is -2.32. The summed E-state index contributed by atoms with van der Waals surface area (Å²) in [6.07, 6.45) is 8.46. The zero-order chi connectivity index (χ0) is 15.8. The van der Waals surface area contributed by atoms with Crippen LogP contribution in [-0.4, -0.2) is 45.2 Å². The third-order valence-corrected chi connectivity index (χ3v) is 4.96. The summed E-state index contributed by atoms with van der Waals surface area (Å²) in [6, 6.07) is 4.06. The second-order valence-electron chi connectivity index (χ2n) is 6.57. The molecule has 0 N–H and O–H groups in total. The number of amides is 1. The second kappa shape index (κ2) is 5.77. The first kappa shape index (κ1) is 14.4. The highest BCUT2D eigenvalue weighted by atomic mass is 16.2. The molecule has 6 heteroatoms. The molecular weight excluding hydrogens is 290 g/mol. The fraction of sp³-hybridized carbons (Fsp3) is 0.471. The number of nitrogens with zero attached hydrogens (tertiary/aromatic N) is 5. The van der Waals surface area contributed by atoms with E-state index in [9.17, 15) is 4.79 Å². The number of piperidine rings is 1. The van der Waals surface area contributed by atoms with Crippen LogP contribution in [0.4, 0.5) is 5.69 Å². The highest BCUT2D eigenvalue weighted by Gasteiger charge is 2.43. The minimum atomic E-state index is 0.112. The van der Waals surface area contributed by atoms with Crippen LogP contribution in [0.15, 0.2) is 36.9 Å². The average molecular weight is 311 g/mol. The number of rotatable bonds is 3. The van der Waals surface area contributed by atoms with E-state index in [4.69, 9.17) is 0 Å². The lowest BCUT2D eigenvalue weighted by molar-refractivity contribution is -0.124. The van der Waals surface area contributed by atoms with E-state index in [0.717, 1.165) is 38.3 Å². The molecule has 1 amide bonds. The number of carbonyl (C=O) groups is 1. The Kier molecular flexibility index (Phi) is 3.61. The zero-order valence-electron chi connectivity index (χ0n) is 13.3. The Bertz CT molecular complexity index is 698. The quantitative estimate of drug-likeness (QED) is 0.857. The highest BCUT2D eigenvalue weighted by molar-refractivity contribution is 5.96. The first-order valence-electron chi connectivity index (χ1n) is 8.12. The highest BCUT2D eigenvalue weighted by Crippen LogP contribution is 2.34. The summed E-state index contributed by atoms with van der Waals surface area (Å²) < 4.78 is 1.75. The molecule has 2 fully saturated rings. The topological polar surface area (TPSA) is 54.3 Å². The predicted octanol–water partition coefficient (Wildman–Crippen LogP) is 1.30. The van der Waals surface area contributed by atoms with Crippen LogP contribution in [0, 0.1) is 11.8 Å². The summed E-state index contributed by atoms with van der Waals surface area (Å²) in [5, 5.41) is 4.19. The van der Waals surface area contributed by atoms with Crippen LogP contribution < -0.4 is 4.90 Å². The van der Waals surface area contributed by atoms with Gasteiger partial charge in [0.25, 0.3) is 0 Å². The normalized spacial score (nSPS) is 24.9. The van der Waals surface area contributed by atoms with Crippen molar-refractivity contribution in [2.45, 2.75) is 13.0 Å². The third kappa shape index (κ3) is 2.74. The van der Waals surface area contributed by atoms with Gasteiger partial charge in [0.2, 0.25) is 5.91 Å². The number of aryl methyl sites for hydroxylation is 1. The molecule has 4 rings (SSSR count). The van der Waals surface area contributed by atoms with E-state index >= 15 is 0 Å².